The van der Waals surface area contributed by atoms with Crippen molar-refractivity contribution in [2.75, 3.05) is 0 Å². The average molecular weight is 263 g/mol. The van der Waals surface area contributed by atoms with Gasteiger partial charge in [0.2, 0.25) is 10.0 Å². The van der Waals surface area contributed by atoms with E-state index in [1.807, 2.05) is 18.2 Å². The fraction of sp³-hybridized carbons (Fsp3) is 0.286. The van der Waals surface area contributed by atoms with Gasteiger partial charge in [-0.05, 0) is 30.4 Å². The third kappa shape index (κ3) is 3.09. The zero-order valence-corrected chi connectivity index (χ0v) is 11.0. The molecule has 0 amide bonds. The van der Waals surface area contributed by atoms with E-state index < -0.39 is 10.0 Å². The Labute approximate surface area is 108 Å². The van der Waals surface area contributed by atoms with Gasteiger partial charge < -0.3 is 0 Å². The van der Waals surface area contributed by atoms with Gasteiger partial charge in [0.05, 0.1) is 0 Å². The lowest BCUT2D eigenvalue weighted by Crippen LogP contribution is -2.29. The largest absolute Gasteiger partial charge is 0.234 e. The summed E-state index contributed by atoms with van der Waals surface area (Å²) < 4.78 is 26.4. The number of nitrogens with one attached hydrogen (secondary N) is 1. The van der Waals surface area contributed by atoms with Gasteiger partial charge in [-0.25, -0.2) is 13.1 Å². The maximum absolute atomic E-state index is 11.8. The molecule has 96 valence electrons. The van der Waals surface area contributed by atoms with Crippen molar-refractivity contribution < 1.29 is 8.42 Å². The van der Waals surface area contributed by atoms with E-state index in [1.165, 1.54) is 17.7 Å². The highest BCUT2D eigenvalue weighted by Crippen LogP contribution is 2.29. The Kier molecular flexibility index (Phi) is 3.99. The van der Waals surface area contributed by atoms with Gasteiger partial charge in [0.15, 0.2) is 0 Å². The highest BCUT2D eigenvalue weighted by molar-refractivity contribution is 7.92. The summed E-state index contributed by atoms with van der Waals surface area (Å²) >= 11 is 0. The van der Waals surface area contributed by atoms with Crippen LogP contribution in [0.3, 0.4) is 0 Å². The lowest BCUT2D eigenvalue weighted by atomic mass is 9.88. The predicted molar refractivity (Wildman–Crippen MR) is 73.5 cm³/mol. The molecule has 1 aliphatic carbocycles. The number of fused-ring (bicyclic) bond motifs is 1. The van der Waals surface area contributed by atoms with Crippen molar-refractivity contribution in [3.8, 4) is 0 Å². The number of rotatable bonds is 4. The first-order valence-electron chi connectivity index (χ1n) is 6.01. The minimum absolute atomic E-state index is 0.116. The molecule has 0 heterocycles. The summed E-state index contributed by atoms with van der Waals surface area (Å²) in [5.41, 5.74) is 2.34. The minimum Gasteiger partial charge on any atom is -0.208 e. The summed E-state index contributed by atoms with van der Waals surface area (Å²) in [6.45, 7) is 3.47. The van der Waals surface area contributed by atoms with Gasteiger partial charge in [-0.15, -0.1) is 0 Å². The smallest absolute Gasteiger partial charge is 0.208 e. The first kappa shape index (κ1) is 13.1. The van der Waals surface area contributed by atoms with Crippen LogP contribution in [0.2, 0.25) is 0 Å². The van der Waals surface area contributed by atoms with Crippen LogP contribution >= 0.6 is 0 Å². The van der Waals surface area contributed by atoms with Crippen LogP contribution in [0.15, 0.2) is 48.4 Å². The molecule has 1 unspecified atom stereocenters. The molecule has 1 aliphatic rings. The van der Waals surface area contributed by atoms with Crippen LogP contribution in [-0.2, 0) is 16.4 Å². The van der Waals surface area contributed by atoms with Crippen molar-refractivity contribution in [3.63, 3.8) is 0 Å². The molecule has 3 nitrogen and oxygen atoms in total. The van der Waals surface area contributed by atoms with E-state index in [2.05, 4.69) is 17.4 Å². The summed E-state index contributed by atoms with van der Waals surface area (Å²) in [6.07, 6.45) is 5.76. The van der Waals surface area contributed by atoms with Crippen LogP contribution in [0.25, 0.3) is 0 Å². The minimum atomic E-state index is -3.39. The van der Waals surface area contributed by atoms with E-state index in [0.29, 0.717) is 0 Å². The first-order chi connectivity index (χ1) is 8.62. The van der Waals surface area contributed by atoms with Crippen LogP contribution in [-0.4, -0.2) is 8.42 Å². The Hall–Kier alpha value is -1.39. The third-order valence-corrected chi connectivity index (χ3v) is 4.20. The highest BCUT2D eigenvalue weighted by Gasteiger charge is 2.22. The molecule has 0 spiro atoms. The van der Waals surface area contributed by atoms with Gasteiger partial charge in [0.1, 0.15) is 0 Å². The number of benzene rings is 1. The van der Waals surface area contributed by atoms with Gasteiger partial charge in [-0.2, -0.15) is 0 Å². The summed E-state index contributed by atoms with van der Waals surface area (Å²) in [7, 11) is -3.39. The molecule has 18 heavy (non-hydrogen) atoms. The van der Waals surface area contributed by atoms with Crippen molar-refractivity contribution in [1.29, 1.82) is 0 Å². The Bertz CT molecular complexity index is 561. The van der Waals surface area contributed by atoms with Gasteiger partial charge in [0, 0.05) is 11.4 Å². The summed E-state index contributed by atoms with van der Waals surface area (Å²) in [6, 6.07) is 7.89. The maximum atomic E-state index is 11.8. The van der Waals surface area contributed by atoms with Crippen LogP contribution < -0.4 is 4.72 Å². The molecule has 0 saturated carbocycles. The quantitative estimate of drug-likeness (QED) is 0.849. The van der Waals surface area contributed by atoms with Crippen LogP contribution in [0.4, 0.5) is 0 Å². The second-order valence-corrected chi connectivity index (χ2v) is 5.97. The lowest BCUT2D eigenvalue weighted by molar-refractivity contribution is 0.512. The Balaban J connectivity index is 2.22. The summed E-state index contributed by atoms with van der Waals surface area (Å²) in [5, 5.41) is 1.15. The zero-order chi connectivity index (χ0) is 13.0. The fourth-order valence-corrected chi connectivity index (χ4v) is 3.31. The monoisotopic (exact) mass is 263 g/mol. The second kappa shape index (κ2) is 5.50. The molecule has 0 saturated heterocycles. The van der Waals surface area contributed by atoms with Gasteiger partial charge in [-0.1, -0.05) is 43.0 Å². The molecule has 2 rings (SSSR count). The SMILES string of the molecule is C=C/C=C/S(=O)(=O)NC1CCCc2ccccc21. The third-order valence-electron chi connectivity index (χ3n) is 3.07. The van der Waals surface area contributed by atoms with E-state index in [4.69, 9.17) is 0 Å². The molecule has 1 atom stereocenters. The van der Waals surface area contributed by atoms with Crippen molar-refractivity contribution in [3.05, 3.63) is 59.5 Å². The fourth-order valence-electron chi connectivity index (χ4n) is 2.27. The summed E-state index contributed by atoms with van der Waals surface area (Å²) in [4.78, 5) is 0. The number of sulfonamides is 1. The molecule has 1 aromatic rings. The second-order valence-electron chi connectivity index (χ2n) is 4.37. The molecule has 1 N–H and O–H groups in total. The molecule has 0 aliphatic heterocycles. The Morgan fingerprint density at radius 1 is 1.33 bits per heavy atom. The normalized spacial score (nSPS) is 19.7. The average Bonchev–Trinajstić information content (AvgIpc) is 2.37. The molecular weight excluding hydrogens is 246 g/mol. The van der Waals surface area contributed by atoms with Gasteiger partial charge in [-0.3, -0.25) is 0 Å². The number of hydrogen-bond donors (Lipinski definition) is 1. The molecule has 0 fully saturated rings. The molecule has 1 aromatic carbocycles. The highest BCUT2D eigenvalue weighted by atomic mass is 32.2. The molecule has 0 radical (unpaired) electrons. The van der Waals surface area contributed by atoms with E-state index >= 15 is 0 Å². The number of allylic oxidation sites excluding steroid dienone is 2. The lowest BCUT2D eigenvalue weighted by Gasteiger charge is -2.25. The van der Waals surface area contributed by atoms with Crippen LogP contribution in [0, 0.1) is 0 Å². The van der Waals surface area contributed by atoms with E-state index in [9.17, 15) is 8.42 Å². The van der Waals surface area contributed by atoms with Crippen LogP contribution in [0.5, 0.6) is 0 Å². The number of aryl methyl sites for hydroxylation is 1. The Morgan fingerprint density at radius 2 is 2.11 bits per heavy atom. The molecule has 0 bridgehead atoms. The Morgan fingerprint density at radius 3 is 2.89 bits per heavy atom. The molecule has 0 aromatic heterocycles. The van der Waals surface area contributed by atoms with Crippen molar-refractivity contribution in [2.45, 2.75) is 25.3 Å². The summed E-state index contributed by atoms with van der Waals surface area (Å²) in [5.74, 6) is 0. The van der Waals surface area contributed by atoms with Gasteiger partial charge >= 0.3 is 0 Å². The van der Waals surface area contributed by atoms with E-state index in [0.717, 1.165) is 30.2 Å². The first-order valence-corrected chi connectivity index (χ1v) is 7.56. The van der Waals surface area contributed by atoms with Crippen molar-refractivity contribution >= 4 is 10.0 Å². The maximum Gasteiger partial charge on any atom is 0.234 e. The topological polar surface area (TPSA) is 46.2 Å². The standard InChI is InChI=1S/C14H17NO2S/c1-2-3-11-18(16,17)15-14-10-6-8-12-7-4-5-9-13(12)14/h2-5,7,9,11,14-15H,1,6,8,10H2/b11-3+. The van der Waals surface area contributed by atoms with Crippen LogP contribution in [0.1, 0.15) is 30.0 Å². The van der Waals surface area contributed by atoms with Crippen molar-refractivity contribution in [2.24, 2.45) is 0 Å². The molecular formula is C14H17NO2S. The van der Waals surface area contributed by atoms with E-state index in [-0.39, 0.29) is 6.04 Å². The van der Waals surface area contributed by atoms with Crippen molar-refractivity contribution in [1.82, 2.24) is 4.72 Å². The van der Waals surface area contributed by atoms with E-state index in [1.54, 1.807) is 0 Å². The zero-order valence-electron chi connectivity index (χ0n) is 10.2. The predicted octanol–water partition coefficient (Wildman–Crippen LogP) is 2.68. The molecule has 4 heteroatoms. The number of hydrogen-bond acceptors (Lipinski definition) is 2. The van der Waals surface area contributed by atoms with Gasteiger partial charge in [0.25, 0.3) is 0 Å².